The third-order valence-corrected chi connectivity index (χ3v) is 4.24. The van der Waals surface area contributed by atoms with E-state index in [1.807, 2.05) is 61.5 Å². The monoisotopic (exact) mass is 362 g/mol. The number of furan rings is 1. The van der Waals surface area contributed by atoms with Crippen molar-refractivity contribution in [1.82, 2.24) is 10.6 Å². The number of hydrogen-bond donors (Lipinski definition) is 2. The first-order valence-corrected chi connectivity index (χ1v) is 8.83. The van der Waals surface area contributed by atoms with Gasteiger partial charge in [-0.1, -0.05) is 60.2 Å². The van der Waals surface area contributed by atoms with Crippen LogP contribution in [0.25, 0.3) is 0 Å². The third-order valence-electron chi connectivity index (χ3n) is 4.24. The van der Waals surface area contributed by atoms with Crippen molar-refractivity contribution in [2.75, 3.05) is 0 Å². The lowest BCUT2D eigenvalue weighted by atomic mass is 10.0. The minimum atomic E-state index is -0.699. The molecule has 0 saturated carbocycles. The molecule has 2 N–H and O–H groups in total. The summed E-state index contributed by atoms with van der Waals surface area (Å²) in [7, 11) is 0. The van der Waals surface area contributed by atoms with Gasteiger partial charge in [0.05, 0.1) is 6.26 Å². The van der Waals surface area contributed by atoms with E-state index in [1.165, 1.54) is 6.26 Å². The molecule has 0 aliphatic heterocycles. The zero-order valence-electron chi connectivity index (χ0n) is 15.1. The van der Waals surface area contributed by atoms with Crippen LogP contribution in [-0.4, -0.2) is 17.9 Å². The first-order valence-electron chi connectivity index (χ1n) is 8.83. The molecule has 2 amide bonds. The smallest absolute Gasteiger partial charge is 0.287 e. The van der Waals surface area contributed by atoms with Crippen molar-refractivity contribution < 1.29 is 14.0 Å². The molecule has 0 aliphatic rings. The van der Waals surface area contributed by atoms with Gasteiger partial charge in [-0.15, -0.1) is 0 Å². The first kappa shape index (κ1) is 18.5. The average molecular weight is 362 g/mol. The Labute approximate surface area is 158 Å². The van der Waals surface area contributed by atoms with E-state index in [4.69, 9.17) is 4.42 Å². The Morgan fingerprint density at radius 2 is 1.67 bits per heavy atom. The lowest BCUT2D eigenvalue weighted by Crippen LogP contribution is -2.47. The summed E-state index contributed by atoms with van der Waals surface area (Å²) >= 11 is 0. The fraction of sp³-hybridized carbons (Fsp3) is 0.182. The number of rotatable bonds is 7. The Balaban J connectivity index is 1.68. The number of benzene rings is 2. The lowest BCUT2D eigenvalue weighted by Gasteiger charge is -2.18. The molecule has 0 unspecified atom stereocenters. The number of amides is 2. The van der Waals surface area contributed by atoms with Crippen LogP contribution in [-0.2, 0) is 17.8 Å². The number of carbonyl (C=O) groups is 2. The van der Waals surface area contributed by atoms with Gasteiger partial charge in [0.2, 0.25) is 5.91 Å². The van der Waals surface area contributed by atoms with Gasteiger partial charge in [0.15, 0.2) is 5.76 Å². The van der Waals surface area contributed by atoms with Crippen LogP contribution in [0.15, 0.2) is 77.4 Å². The largest absolute Gasteiger partial charge is 0.459 e. The molecule has 2 aromatic carbocycles. The molecule has 0 bridgehead atoms. The van der Waals surface area contributed by atoms with Crippen molar-refractivity contribution in [2.24, 2.45) is 0 Å². The second-order valence-corrected chi connectivity index (χ2v) is 6.40. The van der Waals surface area contributed by atoms with Gasteiger partial charge in [-0.3, -0.25) is 9.59 Å². The Bertz CT molecular complexity index is 872. The molecule has 0 aliphatic carbocycles. The summed E-state index contributed by atoms with van der Waals surface area (Å²) in [6, 6.07) is 20.1. The average Bonchev–Trinajstić information content (AvgIpc) is 3.22. The Kier molecular flexibility index (Phi) is 6.05. The lowest BCUT2D eigenvalue weighted by molar-refractivity contribution is -0.123. The van der Waals surface area contributed by atoms with E-state index in [2.05, 4.69) is 10.6 Å². The van der Waals surface area contributed by atoms with E-state index in [9.17, 15) is 9.59 Å². The van der Waals surface area contributed by atoms with Gasteiger partial charge in [0, 0.05) is 13.0 Å². The van der Waals surface area contributed by atoms with Gasteiger partial charge < -0.3 is 15.1 Å². The first-order chi connectivity index (χ1) is 13.1. The van der Waals surface area contributed by atoms with E-state index in [0.717, 1.165) is 16.7 Å². The molecule has 27 heavy (non-hydrogen) atoms. The van der Waals surface area contributed by atoms with Gasteiger partial charge >= 0.3 is 0 Å². The van der Waals surface area contributed by atoms with Crippen LogP contribution in [0.3, 0.4) is 0 Å². The summed E-state index contributed by atoms with van der Waals surface area (Å²) in [5.74, 6) is -0.467. The molecule has 1 aromatic heterocycles. The van der Waals surface area contributed by atoms with Gasteiger partial charge in [-0.2, -0.15) is 0 Å². The molecule has 3 aromatic rings. The quantitative estimate of drug-likeness (QED) is 0.678. The van der Waals surface area contributed by atoms with Gasteiger partial charge in [0.1, 0.15) is 6.04 Å². The summed E-state index contributed by atoms with van der Waals surface area (Å²) in [4.78, 5) is 25.1. The van der Waals surface area contributed by atoms with Crippen LogP contribution in [0.5, 0.6) is 0 Å². The van der Waals surface area contributed by atoms with E-state index in [1.54, 1.807) is 12.1 Å². The Hall–Kier alpha value is -3.34. The highest BCUT2D eigenvalue weighted by molar-refractivity contribution is 5.95. The van der Waals surface area contributed by atoms with Gasteiger partial charge in [-0.05, 0) is 30.2 Å². The molecule has 1 atom stereocenters. The molecular weight excluding hydrogens is 340 g/mol. The standard InChI is InChI=1S/C22H22N2O3/c1-16-9-11-18(12-10-16)15-23-21(25)19(14-17-6-3-2-4-7-17)24-22(26)20-8-5-13-27-20/h2-13,19H,14-15H2,1H3,(H,23,25)(H,24,26)/t19-/m0/s1. The van der Waals surface area contributed by atoms with Crippen molar-refractivity contribution >= 4 is 11.8 Å². The number of hydrogen-bond acceptors (Lipinski definition) is 3. The van der Waals surface area contributed by atoms with E-state index < -0.39 is 11.9 Å². The maximum absolute atomic E-state index is 12.7. The minimum Gasteiger partial charge on any atom is -0.459 e. The van der Waals surface area contributed by atoms with Crippen molar-refractivity contribution in [3.05, 3.63) is 95.4 Å². The molecule has 138 valence electrons. The van der Waals surface area contributed by atoms with Gasteiger partial charge in [0.25, 0.3) is 5.91 Å². The molecule has 3 rings (SSSR count). The summed E-state index contributed by atoms with van der Waals surface area (Å²) in [5.41, 5.74) is 3.13. The normalized spacial score (nSPS) is 11.6. The number of nitrogens with one attached hydrogen (secondary N) is 2. The van der Waals surface area contributed by atoms with Crippen LogP contribution in [0.1, 0.15) is 27.2 Å². The minimum absolute atomic E-state index is 0.180. The second-order valence-electron chi connectivity index (χ2n) is 6.40. The van der Waals surface area contributed by atoms with Crippen LogP contribution < -0.4 is 10.6 Å². The maximum Gasteiger partial charge on any atom is 0.287 e. The van der Waals surface area contributed by atoms with E-state index >= 15 is 0 Å². The summed E-state index contributed by atoms with van der Waals surface area (Å²) < 4.78 is 5.12. The highest BCUT2D eigenvalue weighted by atomic mass is 16.3. The summed E-state index contributed by atoms with van der Waals surface area (Å²) in [6.07, 6.45) is 1.82. The Morgan fingerprint density at radius 1 is 0.926 bits per heavy atom. The predicted molar refractivity (Wildman–Crippen MR) is 103 cm³/mol. The Morgan fingerprint density at radius 3 is 2.33 bits per heavy atom. The highest BCUT2D eigenvalue weighted by Gasteiger charge is 2.22. The van der Waals surface area contributed by atoms with Crippen molar-refractivity contribution in [2.45, 2.75) is 25.9 Å². The van der Waals surface area contributed by atoms with Crippen LogP contribution in [0.2, 0.25) is 0 Å². The zero-order chi connectivity index (χ0) is 19.1. The number of aryl methyl sites for hydroxylation is 1. The molecule has 0 fully saturated rings. The number of carbonyl (C=O) groups excluding carboxylic acids is 2. The SMILES string of the molecule is Cc1ccc(CNC(=O)[C@H](Cc2ccccc2)NC(=O)c2ccco2)cc1. The topological polar surface area (TPSA) is 71.3 Å². The summed E-state index contributed by atoms with van der Waals surface area (Å²) in [5, 5.41) is 5.67. The van der Waals surface area contributed by atoms with Crippen molar-refractivity contribution in [3.63, 3.8) is 0 Å². The van der Waals surface area contributed by atoms with E-state index in [0.29, 0.717) is 13.0 Å². The molecule has 0 spiro atoms. The highest BCUT2D eigenvalue weighted by Crippen LogP contribution is 2.07. The van der Waals surface area contributed by atoms with Crippen LogP contribution >= 0.6 is 0 Å². The fourth-order valence-electron chi connectivity index (χ4n) is 2.71. The van der Waals surface area contributed by atoms with Gasteiger partial charge in [-0.25, -0.2) is 0 Å². The maximum atomic E-state index is 12.7. The molecule has 0 radical (unpaired) electrons. The van der Waals surface area contributed by atoms with Crippen molar-refractivity contribution in [1.29, 1.82) is 0 Å². The van der Waals surface area contributed by atoms with E-state index in [-0.39, 0.29) is 11.7 Å². The molecular formula is C22H22N2O3. The van der Waals surface area contributed by atoms with Crippen LogP contribution in [0, 0.1) is 6.92 Å². The predicted octanol–water partition coefficient (Wildman–Crippen LogP) is 3.25. The van der Waals surface area contributed by atoms with Crippen LogP contribution in [0.4, 0.5) is 0 Å². The molecule has 0 saturated heterocycles. The zero-order valence-corrected chi connectivity index (χ0v) is 15.1. The fourth-order valence-corrected chi connectivity index (χ4v) is 2.71. The second kappa shape index (κ2) is 8.85. The molecule has 5 heteroatoms. The third kappa shape index (κ3) is 5.31. The molecule has 5 nitrogen and oxygen atoms in total. The molecule has 1 heterocycles. The summed E-state index contributed by atoms with van der Waals surface area (Å²) in [6.45, 7) is 2.42. The van der Waals surface area contributed by atoms with Crippen molar-refractivity contribution in [3.8, 4) is 0 Å².